The topological polar surface area (TPSA) is 80.5 Å². The maximum absolute atomic E-state index is 12.0. The molecule has 1 aliphatic heterocycles. The summed E-state index contributed by atoms with van der Waals surface area (Å²) in [4.78, 5) is 12.4. The molecule has 1 aliphatic rings. The van der Waals surface area contributed by atoms with Crippen molar-refractivity contribution in [2.75, 3.05) is 24.2 Å². The number of hydrogen-bond donors (Lipinski definition) is 0. The number of nitro benzene ring substituents is 1. The highest BCUT2D eigenvalue weighted by molar-refractivity contribution is 7.90. The van der Waals surface area contributed by atoms with Crippen LogP contribution in [0.1, 0.15) is 30.7 Å². The highest BCUT2D eigenvalue weighted by Crippen LogP contribution is 2.33. The summed E-state index contributed by atoms with van der Waals surface area (Å²) in [7, 11) is -3.67. The Bertz CT molecular complexity index is 897. The van der Waals surface area contributed by atoms with Crippen LogP contribution in [-0.2, 0) is 9.84 Å². The van der Waals surface area contributed by atoms with Crippen LogP contribution < -0.4 is 4.90 Å². The highest BCUT2D eigenvalue weighted by Gasteiger charge is 2.25. The van der Waals surface area contributed by atoms with Crippen molar-refractivity contribution in [3.63, 3.8) is 0 Å². The van der Waals surface area contributed by atoms with Crippen LogP contribution in [0.15, 0.2) is 53.4 Å². The summed E-state index contributed by atoms with van der Waals surface area (Å²) in [5, 5.41) is 11.1. The van der Waals surface area contributed by atoms with E-state index in [1.807, 2.05) is 18.2 Å². The third kappa shape index (κ3) is 4.04. The van der Waals surface area contributed by atoms with Gasteiger partial charge in [-0.05, 0) is 42.9 Å². The van der Waals surface area contributed by atoms with Gasteiger partial charge in [0.05, 0.1) is 4.92 Å². The zero-order valence-corrected chi connectivity index (χ0v) is 15.5. The summed E-state index contributed by atoms with van der Waals surface area (Å²) in [6.07, 6.45) is 4.04. The van der Waals surface area contributed by atoms with Gasteiger partial charge in [-0.15, -0.1) is 0 Å². The summed E-state index contributed by atoms with van der Waals surface area (Å²) in [5.74, 6) is 0.480. The molecule has 1 unspecified atom stereocenters. The van der Waals surface area contributed by atoms with Crippen LogP contribution in [-0.4, -0.2) is 32.7 Å². The van der Waals surface area contributed by atoms with E-state index in [1.165, 1.54) is 17.7 Å². The Morgan fingerprint density at radius 1 is 1.08 bits per heavy atom. The molecule has 0 bridgehead atoms. The van der Waals surface area contributed by atoms with Crippen molar-refractivity contribution >= 4 is 21.2 Å². The van der Waals surface area contributed by atoms with Gasteiger partial charge < -0.3 is 4.90 Å². The second kappa shape index (κ2) is 7.45. The summed E-state index contributed by atoms with van der Waals surface area (Å²) in [5.41, 5.74) is 1.69. The number of rotatable bonds is 4. The smallest absolute Gasteiger partial charge is 0.288 e. The quantitative estimate of drug-likeness (QED) is 0.601. The molecule has 1 atom stereocenters. The number of nitro groups is 1. The van der Waals surface area contributed by atoms with E-state index in [4.69, 9.17) is 0 Å². The average molecular weight is 374 g/mol. The van der Waals surface area contributed by atoms with Crippen LogP contribution >= 0.6 is 0 Å². The first-order valence-corrected chi connectivity index (χ1v) is 10.5. The molecule has 1 heterocycles. The number of hydrogen-bond acceptors (Lipinski definition) is 5. The molecule has 6 nitrogen and oxygen atoms in total. The molecule has 1 saturated heterocycles. The van der Waals surface area contributed by atoms with Gasteiger partial charge in [0.15, 0.2) is 9.84 Å². The van der Waals surface area contributed by atoms with Crippen LogP contribution in [0.25, 0.3) is 0 Å². The summed E-state index contributed by atoms with van der Waals surface area (Å²) in [6.45, 7) is 1.60. The van der Waals surface area contributed by atoms with E-state index in [1.54, 1.807) is 6.07 Å². The van der Waals surface area contributed by atoms with E-state index < -0.39 is 14.8 Å². The van der Waals surface area contributed by atoms with Crippen LogP contribution in [0.5, 0.6) is 0 Å². The fourth-order valence-electron chi connectivity index (χ4n) is 3.56. The molecule has 1 fully saturated rings. The fraction of sp³-hybridized carbons (Fsp3) is 0.368. The van der Waals surface area contributed by atoms with Gasteiger partial charge in [0.1, 0.15) is 4.90 Å². The Balaban J connectivity index is 1.85. The van der Waals surface area contributed by atoms with E-state index in [0.29, 0.717) is 5.92 Å². The SMILES string of the molecule is CS(=O)(=O)c1cc(N2CCCC(c3ccccc3)CC2)ccc1[N+](=O)[O-]. The van der Waals surface area contributed by atoms with Crippen molar-refractivity contribution in [3.8, 4) is 0 Å². The lowest BCUT2D eigenvalue weighted by molar-refractivity contribution is -0.387. The van der Waals surface area contributed by atoms with Crippen LogP contribution in [0.3, 0.4) is 0 Å². The molecule has 0 amide bonds. The third-order valence-electron chi connectivity index (χ3n) is 4.90. The van der Waals surface area contributed by atoms with Crippen molar-refractivity contribution in [2.45, 2.75) is 30.1 Å². The van der Waals surface area contributed by atoms with Gasteiger partial charge in [0.25, 0.3) is 5.69 Å². The number of sulfone groups is 1. The Morgan fingerprint density at radius 3 is 2.46 bits per heavy atom. The van der Waals surface area contributed by atoms with Crippen LogP contribution in [0.4, 0.5) is 11.4 Å². The minimum absolute atomic E-state index is 0.219. The van der Waals surface area contributed by atoms with E-state index in [0.717, 1.165) is 44.3 Å². The molecule has 26 heavy (non-hydrogen) atoms. The van der Waals surface area contributed by atoms with Crippen LogP contribution in [0.2, 0.25) is 0 Å². The molecule has 0 N–H and O–H groups in total. The van der Waals surface area contributed by atoms with Crippen molar-refractivity contribution in [3.05, 3.63) is 64.2 Å². The van der Waals surface area contributed by atoms with Crippen LogP contribution in [0, 0.1) is 10.1 Å². The van der Waals surface area contributed by atoms with Gasteiger partial charge in [-0.2, -0.15) is 0 Å². The normalized spacial score (nSPS) is 18.3. The molecule has 0 aromatic heterocycles. The lowest BCUT2D eigenvalue weighted by atomic mass is 9.92. The molecule has 2 aromatic rings. The highest BCUT2D eigenvalue weighted by atomic mass is 32.2. The third-order valence-corrected chi connectivity index (χ3v) is 6.03. The molecule has 0 spiro atoms. The first-order valence-electron chi connectivity index (χ1n) is 8.64. The minimum Gasteiger partial charge on any atom is -0.371 e. The fourth-order valence-corrected chi connectivity index (χ4v) is 4.42. The standard InChI is InChI=1S/C19H22N2O4S/c1-26(24,25)19-14-17(9-10-18(19)21(22)23)20-12-5-8-16(11-13-20)15-6-3-2-4-7-15/h2-4,6-7,9-10,14,16H,5,8,11-13H2,1H3. The first kappa shape index (κ1) is 18.4. The molecule has 7 heteroatoms. The summed E-state index contributed by atoms with van der Waals surface area (Å²) >= 11 is 0. The predicted octanol–water partition coefficient (Wildman–Crippen LogP) is 3.77. The van der Waals surface area contributed by atoms with Gasteiger partial charge in [-0.25, -0.2) is 8.42 Å². The van der Waals surface area contributed by atoms with Gasteiger partial charge in [0.2, 0.25) is 0 Å². The molecule has 0 aliphatic carbocycles. The van der Waals surface area contributed by atoms with Gasteiger partial charge in [-0.1, -0.05) is 30.3 Å². The first-order chi connectivity index (χ1) is 12.4. The molecule has 2 aromatic carbocycles. The predicted molar refractivity (Wildman–Crippen MR) is 101 cm³/mol. The molecular weight excluding hydrogens is 352 g/mol. The Labute approximate surface area is 153 Å². The second-order valence-corrected chi connectivity index (χ2v) is 8.69. The van der Waals surface area contributed by atoms with E-state index >= 15 is 0 Å². The van der Waals surface area contributed by atoms with Gasteiger partial charge in [0, 0.05) is 31.1 Å². The van der Waals surface area contributed by atoms with Crippen molar-refractivity contribution < 1.29 is 13.3 Å². The molecule has 0 saturated carbocycles. The Morgan fingerprint density at radius 2 is 1.81 bits per heavy atom. The van der Waals surface area contributed by atoms with Gasteiger partial charge in [-0.3, -0.25) is 10.1 Å². The van der Waals surface area contributed by atoms with Crippen molar-refractivity contribution in [1.82, 2.24) is 0 Å². The number of nitrogens with zero attached hydrogens (tertiary/aromatic N) is 2. The summed E-state index contributed by atoms with van der Waals surface area (Å²) in [6, 6.07) is 14.8. The number of anilines is 1. The number of benzene rings is 2. The lowest BCUT2D eigenvalue weighted by Crippen LogP contribution is -2.24. The lowest BCUT2D eigenvalue weighted by Gasteiger charge is -2.23. The Hall–Kier alpha value is -2.41. The summed E-state index contributed by atoms with van der Waals surface area (Å²) < 4.78 is 24.0. The van der Waals surface area contributed by atoms with Crippen molar-refractivity contribution in [1.29, 1.82) is 0 Å². The largest absolute Gasteiger partial charge is 0.371 e. The molecule has 138 valence electrons. The maximum atomic E-state index is 12.0. The van der Waals surface area contributed by atoms with Gasteiger partial charge >= 0.3 is 0 Å². The monoisotopic (exact) mass is 374 g/mol. The zero-order valence-electron chi connectivity index (χ0n) is 14.7. The molecule has 0 radical (unpaired) electrons. The van der Waals surface area contributed by atoms with E-state index in [9.17, 15) is 18.5 Å². The van der Waals surface area contributed by atoms with E-state index in [-0.39, 0.29) is 10.6 Å². The maximum Gasteiger partial charge on any atom is 0.288 e. The minimum atomic E-state index is -3.67. The van der Waals surface area contributed by atoms with E-state index in [2.05, 4.69) is 17.0 Å². The average Bonchev–Trinajstić information content (AvgIpc) is 2.87. The zero-order chi connectivity index (χ0) is 18.7. The molecular formula is C19H22N2O4S. The molecule has 3 rings (SSSR count). The Kier molecular flexibility index (Phi) is 5.27. The second-order valence-electron chi connectivity index (χ2n) is 6.71. The van der Waals surface area contributed by atoms with Crippen molar-refractivity contribution in [2.24, 2.45) is 0 Å².